The van der Waals surface area contributed by atoms with Crippen LogP contribution in [0.25, 0.3) is 5.65 Å². The maximum Gasteiger partial charge on any atom is 0.270 e. The van der Waals surface area contributed by atoms with Gasteiger partial charge < -0.3 is 10.1 Å². The molecule has 1 saturated heterocycles. The highest BCUT2D eigenvalue weighted by Crippen LogP contribution is 2.38. The van der Waals surface area contributed by atoms with Crippen molar-refractivity contribution >= 4 is 11.6 Å². The Hall–Kier alpha value is -2.21. The van der Waals surface area contributed by atoms with Gasteiger partial charge >= 0.3 is 0 Å². The monoisotopic (exact) mass is 285 g/mol. The highest BCUT2D eigenvalue weighted by atomic mass is 16.5. The molecule has 3 atom stereocenters. The lowest BCUT2D eigenvalue weighted by Gasteiger charge is -2.39. The number of nitrogens with one attached hydrogen (secondary N) is 1. The van der Waals surface area contributed by atoms with E-state index in [0.29, 0.717) is 11.6 Å². The van der Waals surface area contributed by atoms with Gasteiger partial charge in [0.2, 0.25) is 0 Å². The Morgan fingerprint density at radius 1 is 1.43 bits per heavy atom. The van der Waals surface area contributed by atoms with E-state index >= 15 is 0 Å². The second-order valence-electron chi connectivity index (χ2n) is 5.58. The van der Waals surface area contributed by atoms with Gasteiger partial charge in [0, 0.05) is 31.0 Å². The number of pyridine rings is 1. The van der Waals surface area contributed by atoms with Gasteiger partial charge in [-0.15, -0.1) is 0 Å². The van der Waals surface area contributed by atoms with Crippen LogP contribution < -0.4 is 10.9 Å². The first-order valence-electron chi connectivity index (χ1n) is 7.13. The number of hydrogen-bond donors (Lipinski definition) is 1. The fourth-order valence-electron chi connectivity index (χ4n) is 3.19. The van der Waals surface area contributed by atoms with Gasteiger partial charge in [-0.1, -0.05) is 6.07 Å². The number of fused-ring (bicyclic) bond motifs is 2. The summed E-state index contributed by atoms with van der Waals surface area (Å²) >= 11 is 0. The number of aromatic nitrogens is 2. The van der Waals surface area contributed by atoms with Crippen LogP contribution in [-0.2, 0) is 4.74 Å². The van der Waals surface area contributed by atoms with Crippen LogP contribution >= 0.6 is 0 Å². The molecular weight excluding hydrogens is 270 g/mol. The van der Waals surface area contributed by atoms with E-state index in [2.05, 4.69) is 10.3 Å². The van der Waals surface area contributed by atoms with Crippen molar-refractivity contribution in [1.82, 2.24) is 14.7 Å². The highest BCUT2D eigenvalue weighted by molar-refractivity contribution is 5.94. The lowest BCUT2D eigenvalue weighted by Crippen LogP contribution is -2.54. The van der Waals surface area contributed by atoms with Crippen molar-refractivity contribution in [1.29, 1.82) is 0 Å². The molecule has 2 aliphatic rings. The molecule has 2 aromatic rings. The fraction of sp³-hybridized carbons (Fsp3) is 0.400. The molecule has 2 fully saturated rings. The predicted octanol–water partition coefficient (Wildman–Crippen LogP) is 0.602. The minimum absolute atomic E-state index is 0.0843. The lowest BCUT2D eigenvalue weighted by molar-refractivity contribution is 0.00807. The van der Waals surface area contributed by atoms with Gasteiger partial charge in [-0.05, 0) is 25.0 Å². The molecule has 0 radical (unpaired) electrons. The molecule has 21 heavy (non-hydrogen) atoms. The first-order chi connectivity index (χ1) is 10.2. The molecule has 6 nitrogen and oxygen atoms in total. The fourth-order valence-corrected chi connectivity index (χ4v) is 3.19. The van der Waals surface area contributed by atoms with Gasteiger partial charge in [-0.3, -0.25) is 14.0 Å². The van der Waals surface area contributed by atoms with Crippen LogP contribution in [0.2, 0.25) is 0 Å². The van der Waals surface area contributed by atoms with E-state index in [0.717, 1.165) is 19.4 Å². The largest absolute Gasteiger partial charge is 0.378 e. The third-order valence-electron chi connectivity index (χ3n) is 4.44. The summed E-state index contributed by atoms with van der Waals surface area (Å²) in [4.78, 5) is 28.8. The quantitative estimate of drug-likeness (QED) is 0.877. The van der Waals surface area contributed by atoms with E-state index < -0.39 is 0 Å². The third kappa shape index (κ3) is 1.94. The number of nitrogens with zero attached hydrogens (tertiary/aromatic N) is 2. The number of carbonyl (C=O) groups is 1. The molecule has 1 aliphatic heterocycles. The zero-order valence-corrected chi connectivity index (χ0v) is 11.4. The molecule has 3 heterocycles. The van der Waals surface area contributed by atoms with Crippen molar-refractivity contribution in [2.45, 2.75) is 25.0 Å². The molecule has 1 saturated carbocycles. The van der Waals surface area contributed by atoms with E-state index in [1.165, 1.54) is 10.6 Å². The van der Waals surface area contributed by atoms with Gasteiger partial charge in [0.05, 0.1) is 6.10 Å². The average Bonchev–Trinajstić information content (AvgIpc) is 2.86. The summed E-state index contributed by atoms with van der Waals surface area (Å²) in [5, 5.41) is 2.94. The minimum Gasteiger partial charge on any atom is -0.378 e. The maximum absolute atomic E-state index is 12.3. The molecule has 108 valence electrons. The Morgan fingerprint density at radius 3 is 3.19 bits per heavy atom. The summed E-state index contributed by atoms with van der Waals surface area (Å²) in [6.07, 6.45) is 5.06. The van der Waals surface area contributed by atoms with Crippen molar-refractivity contribution in [2.75, 3.05) is 6.61 Å². The van der Waals surface area contributed by atoms with Gasteiger partial charge in [0.25, 0.3) is 11.5 Å². The molecule has 0 aromatic carbocycles. The molecule has 0 spiro atoms. The predicted molar refractivity (Wildman–Crippen MR) is 75.2 cm³/mol. The Balaban J connectivity index is 1.60. The van der Waals surface area contributed by atoms with Crippen molar-refractivity contribution in [3.63, 3.8) is 0 Å². The molecular formula is C15H15N3O3. The van der Waals surface area contributed by atoms with Crippen LogP contribution in [0.3, 0.4) is 0 Å². The molecule has 0 unspecified atom stereocenters. The SMILES string of the molecule is O=C(N[C@H]1C[C@@H]2OCC[C@H]12)c1cnc2ccccn2c1=O. The van der Waals surface area contributed by atoms with E-state index in [-0.39, 0.29) is 29.2 Å². The topological polar surface area (TPSA) is 72.7 Å². The minimum atomic E-state index is -0.346. The third-order valence-corrected chi connectivity index (χ3v) is 4.44. The van der Waals surface area contributed by atoms with Gasteiger partial charge in [-0.2, -0.15) is 0 Å². The van der Waals surface area contributed by atoms with Crippen molar-refractivity contribution < 1.29 is 9.53 Å². The van der Waals surface area contributed by atoms with Crippen LogP contribution in [-0.4, -0.2) is 34.0 Å². The first kappa shape index (κ1) is 12.5. The van der Waals surface area contributed by atoms with Crippen LogP contribution in [0, 0.1) is 5.92 Å². The zero-order valence-electron chi connectivity index (χ0n) is 11.4. The summed E-state index contributed by atoms with van der Waals surface area (Å²) in [6.45, 7) is 0.766. The van der Waals surface area contributed by atoms with Crippen molar-refractivity contribution in [3.8, 4) is 0 Å². The maximum atomic E-state index is 12.3. The van der Waals surface area contributed by atoms with Crippen LogP contribution in [0.1, 0.15) is 23.2 Å². The van der Waals surface area contributed by atoms with Gasteiger partial charge in [0.1, 0.15) is 11.2 Å². The highest BCUT2D eigenvalue weighted by Gasteiger charge is 2.45. The summed E-state index contributed by atoms with van der Waals surface area (Å²) in [7, 11) is 0. The van der Waals surface area contributed by atoms with Gasteiger partial charge in [-0.25, -0.2) is 4.98 Å². The summed E-state index contributed by atoms with van der Waals surface area (Å²) < 4.78 is 6.91. The first-order valence-corrected chi connectivity index (χ1v) is 7.13. The summed E-state index contributed by atoms with van der Waals surface area (Å²) in [5.41, 5.74) is 0.282. The molecule has 0 bridgehead atoms. The molecule has 4 rings (SSSR count). The number of hydrogen-bond acceptors (Lipinski definition) is 4. The Morgan fingerprint density at radius 2 is 2.33 bits per heavy atom. The van der Waals surface area contributed by atoms with Crippen molar-refractivity contribution in [2.24, 2.45) is 5.92 Å². The summed E-state index contributed by atoms with van der Waals surface area (Å²) in [6, 6.07) is 5.39. The smallest absolute Gasteiger partial charge is 0.270 e. The number of rotatable bonds is 2. The Bertz CT molecular complexity index is 770. The molecule has 1 amide bonds. The van der Waals surface area contributed by atoms with Crippen molar-refractivity contribution in [3.05, 3.63) is 46.5 Å². The van der Waals surface area contributed by atoms with Crippen LogP contribution in [0.5, 0.6) is 0 Å². The average molecular weight is 285 g/mol. The van der Waals surface area contributed by atoms with Gasteiger partial charge in [0.15, 0.2) is 0 Å². The number of carbonyl (C=O) groups excluding carboxylic acids is 1. The van der Waals surface area contributed by atoms with Crippen LogP contribution in [0.15, 0.2) is 35.4 Å². The lowest BCUT2D eigenvalue weighted by atomic mass is 9.76. The number of ether oxygens (including phenoxy) is 1. The molecule has 1 aliphatic carbocycles. The second kappa shape index (κ2) is 4.66. The van der Waals surface area contributed by atoms with Crippen LogP contribution in [0.4, 0.5) is 0 Å². The molecule has 2 aromatic heterocycles. The van der Waals surface area contributed by atoms with E-state index in [4.69, 9.17) is 4.74 Å². The van der Waals surface area contributed by atoms with E-state index in [1.807, 2.05) is 0 Å². The molecule has 6 heteroatoms. The second-order valence-corrected chi connectivity index (χ2v) is 5.58. The van der Waals surface area contributed by atoms with E-state index in [9.17, 15) is 9.59 Å². The summed E-state index contributed by atoms with van der Waals surface area (Å²) in [5.74, 6) is 0.0474. The zero-order chi connectivity index (χ0) is 14.4. The Kier molecular flexibility index (Phi) is 2.78. The Labute approximate surface area is 120 Å². The standard InChI is InChI=1S/C15H15N3O3/c19-14(17-11-7-12-9(11)4-6-21-12)10-8-16-13-3-1-2-5-18(13)15(10)20/h1-3,5,8-9,11-12H,4,6-7H2,(H,17,19)/t9-,11+,12+/m1/s1. The molecule has 1 N–H and O–H groups in total. The number of amides is 1. The van der Waals surface area contributed by atoms with E-state index in [1.54, 1.807) is 24.4 Å². The normalized spacial score (nSPS) is 27.1.